The SMILES string of the molecule is C=CC(C)(C)c1[nH]c[nH+]c1/C=C1\NC(=O)CN(C(C)=O)C1=O. The summed E-state index contributed by atoms with van der Waals surface area (Å²) in [6.07, 6.45) is 4.93. The first-order chi connectivity index (χ1) is 10.3. The maximum Gasteiger partial charge on any atom is 0.277 e. The van der Waals surface area contributed by atoms with Crippen LogP contribution in [0.2, 0.25) is 0 Å². The maximum absolute atomic E-state index is 12.2. The molecule has 1 saturated heterocycles. The number of carbonyl (C=O) groups is 3. The van der Waals surface area contributed by atoms with Crippen molar-refractivity contribution in [3.8, 4) is 0 Å². The van der Waals surface area contributed by atoms with E-state index in [1.807, 2.05) is 13.8 Å². The molecule has 0 spiro atoms. The van der Waals surface area contributed by atoms with Crippen molar-refractivity contribution in [3.05, 3.63) is 36.1 Å². The molecule has 22 heavy (non-hydrogen) atoms. The Kier molecular flexibility index (Phi) is 3.99. The molecular weight excluding hydrogens is 284 g/mol. The topological polar surface area (TPSA) is 96.4 Å². The summed E-state index contributed by atoms with van der Waals surface area (Å²) in [5, 5.41) is 2.50. The Balaban J connectivity index is 2.43. The van der Waals surface area contributed by atoms with Gasteiger partial charge in [-0.05, 0) is 13.8 Å². The lowest BCUT2D eigenvalue weighted by atomic mass is 9.88. The number of H-pyrrole nitrogens is 2. The quantitative estimate of drug-likeness (QED) is 0.614. The van der Waals surface area contributed by atoms with Gasteiger partial charge in [-0.2, -0.15) is 0 Å². The molecule has 1 aliphatic rings. The van der Waals surface area contributed by atoms with Gasteiger partial charge in [-0.15, -0.1) is 6.58 Å². The van der Waals surface area contributed by atoms with E-state index in [0.29, 0.717) is 5.69 Å². The van der Waals surface area contributed by atoms with Crippen LogP contribution in [0.15, 0.2) is 24.7 Å². The molecular formula is C15H19N4O3+. The maximum atomic E-state index is 12.2. The number of amides is 3. The van der Waals surface area contributed by atoms with Crippen LogP contribution >= 0.6 is 0 Å². The number of allylic oxidation sites excluding steroid dienone is 1. The summed E-state index contributed by atoms with van der Waals surface area (Å²) in [7, 11) is 0. The van der Waals surface area contributed by atoms with Crippen molar-refractivity contribution in [2.24, 2.45) is 0 Å². The van der Waals surface area contributed by atoms with Crippen molar-refractivity contribution < 1.29 is 19.4 Å². The molecule has 116 valence electrons. The summed E-state index contributed by atoms with van der Waals surface area (Å²) in [4.78, 5) is 42.3. The van der Waals surface area contributed by atoms with E-state index in [2.05, 4.69) is 21.9 Å². The number of aromatic amines is 2. The van der Waals surface area contributed by atoms with Gasteiger partial charge in [0.2, 0.25) is 18.1 Å². The second kappa shape index (κ2) is 5.59. The summed E-state index contributed by atoms with van der Waals surface area (Å²) in [6.45, 7) is 8.72. The average molecular weight is 303 g/mol. The number of nitrogens with one attached hydrogen (secondary N) is 3. The zero-order valence-electron chi connectivity index (χ0n) is 12.8. The fourth-order valence-corrected chi connectivity index (χ4v) is 2.19. The molecule has 0 aliphatic carbocycles. The van der Waals surface area contributed by atoms with Crippen LogP contribution in [0.25, 0.3) is 6.08 Å². The van der Waals surface area contributed by atoms with E-state index in [0.717, 1.165) is 10.6 Å². The standard InChI is InChI=1S/C15H18N4O3/c1-5-15(3,4)13-10(16-8-17-13)6-11-14(22)19(9(2)20)7-12(21)18-11/h5-6,8H,1,7H2,2-4H3,(H,16,17)(H,18,21)/p+1/b11-6-. The molecule has 0 bridgehead atoms. The smallest absolute Gasteiger partial charge is 0.277 e. The van der Waals surface area contributed by atoms with Crippen molar-refractivity contribution >= 4 is 23.8 Å². The summed E-state index contributed by atoms with van der Waals surface area (Å²) >= 11 is 0. The minimum absolute atomic E-state index is 0.0587. The highest BCUT2D eigenvalue weighted by Gasteiger charge is 2.32. The fourth-order valence-electron chi connectivity index (χ4n) is 2.19. The van der Waals surface area contributed by atoms with Gasteiger partial charge in [0.05, 0.1) is 0 Å². The highest BCUT2D eigenvalue weighted by atomic mass is 16.2. The Bertz CT molecular complexity index is 685. The molecule has 3 amide bonds. The molecule has 0 radical (unpaired) electrons. The lowest BCUT2D eigenvalue weighted by Gasteiger charge is -2.25. The molecule has 3 N–H and O–H groups in total. The van der Waals surface area contributed by atoms with Gasteiger partial charge in [0.15, 0.2) is 11.4 Å². The number of imidazole rings is 1. The second-order valence-corrected chi connectivity index (χ2v) is 5.66. The second-order valence-electron chi connectivity index (χ2n) is 5.66. The Morgan fingerprint density at radius 1 is 1.45 bits per heavy atom. The lowest BCUT2D eigenvalue weighted by molar-refractivity contribution is -0.379. The van der Waals surface area contributed by atoms with E-state index in [9.17, 15) is 14.4 Å². The zero-order valence-corrected chi connectivity index (χ0v) is 12.8. The van der Waals surface area contributed by atoms with Crippen LogP contribution in [0.5, 0.6) is 0 Å². The average Bonchev–Trinajstić information content (AvgIpc) is 2.91. The first kappa shape index (κ1) is 15.7. The van der Waals surface area contributed by atoms with Crippen molar-refractivity contribution in [2.45, 2.75) is 26.2 Å². The molecule has 1 fully saturated rings. The van der Waals surface area contributed by atoms with Crippen LogP contribution in [-0.2, 0) is 19.8 Å². The number of aromatic nitrogens is 2. The largest absolute Gasteiger partial charge is 0.320 e. The minimum Gasteiger partial charge on any atom is -0.320 e. The molecule has 1 aromatic rings. The molecule has 0 unspecified atom stereocenters. The van der Waals surface area contributed by atoms with E-state index >= 15 is 0 Å². The van der Waals surface area contributed by atoms with Crippen LogP contribution in [0.3, 0.4) is 0 Å². The highest BCUT2D eigenvalue weighted by Crippen LogP contribution is 2.25. The predicted octanol–water partition coefficient (Wildman–Crippen LogP) is 0.138. The highest BCUT2D eigenvalue weighted by molar-refractivity contribution is 6.12. The van der Waals surface area contributed by atoms with Gasteiger partial charge in [-0.25, -0.2) is 9.97 Å². The molecule has 7 heteroatoms. The van der Waals surface area contributed by atoms with Gasteiger partial charge >= 0.3 is 0 Å². The number of nitrogens with zero attached hydrogens (tertiary/aromatic N) is 1. The van der Waals surface area contributed by atoms with Gasteiger partial charge in [0.1, 0.15) is 12.2 Å². The van der Waals surface area contributed by atoms with Crippen molar-refractivity contribution in [1.29, 1.82) is 0 Å². The number of imide groups is 1. The minimum atomic E-state index is -0.524. The number of hydrogen-bond acceptors (Lipinski definition) is 3. The van der Waals surface area contributed by atoms with Crippen LogP contribution in [-0.4, -0.2) is 34.2 Å². The Morgan fingerprint density at radius 2 is 2.14 bits per heavy atom. The summed E-state index contributed by atoms with van der Waals surface area (Å²) < 4.78 is 0. The number of hydrogen-bond donors (Lipinski definition) is 2. The van der Waals surface area contributed by atoms with Gasteiger partial charge < -0.3 is 5.32 Å². The normalized spacial score (nSPS) is 17.6. The summed E-state index contributed by atoms with van der Waals surface area (Å²) in [5.74, 6) is -1.39. The first-order valence-electron chi connectivity index (χ1n) is 6.83. The van der Waals surface area contributed by atoms with E-state index in [1.54, 1.807) is 12.4 Å². The molecule has 1 aromatic heterocycles. The molecule has 0 atom stereocenters. The molecule has 2 rings (SSSR count). The molecule has 1 aliphatic heterocycles. The van der Waals surface area contributed by atoms with Gasteiger partial charge in [-0.1, -0.05) is 6.08 Å². The van der Waals surface area contributed by atoms with Gasteiger partial charge in [0.25, 0.3) is 5.91 Å². The third-order valence-corrected chi connectivity index (χ3v) is 3.59. The third-order valence-electron chi connectivity index (χ3n) is 3.59. The van der Waals surface area contributed by atoms with Crippen LogP contribution in [0.1, 0.15) is 32.2 Å². The molecule has 7 nitrogen and oxygen atoms in total. The summed E-state index contributed by atoms with van der Waals surface area (Å²) in [6, 6.07) is 0. The molecule has 2 heterocycles. The van der Waals surface area contributed by atoms with E-state index < -0.39 is 17.7 Å². The Morgan fingerprint density at radius 3 is 2.73 bits per heavy atom. The van der Waals surface area contributed by atoms with Crippen LogP contribution in [0.4, 0.5) is 0 Å². The van der Waals surface area contributed by atoms with Crippen LogP contribution in [0, 0.1) is 0 Å². The Hall–Kier alpha value is -2.70. The number of piperazine rings is 1. The number of carbonyl (C=O) groups excluding carboxylic acids is 3. The molecule has 0 saturated carbocycles. The lowest BCUT2D eigenvalue weighted by Crippen LogP contribution is -2.51. The fraction of sp³-hybridized carbons (Fsp3) is 0.333. The predicted molar refractivity (Wildman–Crippen MR) is 79.1 cm³/mol. The first-order valence-corrected chi connectivity index (χ1v) is 6.83. The van der Waals surface area contributed by atoms with E-state index in [-0.39, 0.29) is 17.7 Å². The van der Waals surface area contributed by atoms with Crippen molar-refractivity contribution in [1.82, 2.24) is 15.2 Å². The van der Waals surface area contributed by atoms with Crippen molar-refractivity contribution in [3.63, 3.8) is 0 Å². The molecule has 0 aromatic carbocycles. The van der Waals surface area contributed by atoms with E-state index in [1.165, 1.54) is 13.0 Å². The van der Waals surface area contributed by atoms with Gasteiger partial charge in [-0.3, -0.25) is 19.3 Å². The van der Waals surface area contributed by atoms with Crippen LogP contribution < -0.4 is 10.3 Å². The van der Waals surface area contributed by atoms with Gasteiger partial charge in [0, 0.05) is 18.4 Å². The third kappa shape index (κ3) is 2.83. The van der Waals surface area contributed by atoms with Crippen molar-refractivity contribution in [2.75, 3.05) is 6.54 Å². The zero-order chi connectivity index (χ0) is 16.5. The summed E-state index contributed by atoms with van der Waals surface area (Å²) in [5.41, 5.74) is 1.16. The monoisotopic (exact) mass is 303 g/mol. The Labute approximate surface area is 128 Å². The van der Waals surface area contributed by atoms with E-state index in [4.69, 9.17) is 0 Å². The number of rotatable bonds is 3.